The topological polar surface area (TPSA) is 0 Å². The summed E-state index contributed by atoms with van der Waals surface area (Å²) in [5, 5.41) is 0.430. The van der Waals surface area contributed by atoms with Crippen molar-refractivity contribution in [3.05, 3.63) is 156 Å². The van der Waals surface area contributed by atoms with E-state index in [0.29, 0.717) is 0 Å². The van der Waals surface area contributed by atoms with Crippen LogP contribution < -0.4 is 0 Å². The predicted molar refractivity (Wildman–Crippen MR) is 288 cm³/mol. The molecule has 0 atom stereocenters. The van der Waals surface area contributed by atoms with Gasteiger partial charge in [0.05, 0.1) is 0 Å². The van der Waals surface area contributed by atoms with Crippen LogP contribution in [-0.4, -0.2) is 50.7 Å². The van der Waals surface area contributed by atoms with Crippen LogP contribution in [0.2, 0.25) is 72.5 Å². The molecule has 0 N–H and O–H groups in total. The summed E-state index contributed by atoms with van der Waals surface area (Å²) in [5.41, 5.74) is 12.3. The number of benzene rings is 4. The van der Waals surface area contributed by atoms with Gasteiger partial charge in [0.15, 0.2) is 0 Å². The Bertz CT molecular complexity index is 2050. The molecule has 0 aliphatic carbocycles. The molecule has 0 bridgehead atoms. The van der Waals surface area contributed by atoms with Crippen molar-refractivity contribution in [3.63, 3.8) is 0 Å². The Balaban J connectivity index is 2.21. The predicted octanol–water partition coefficient (Wildman–Crippen LogP) is 17.6. The summed E-state index contributed by atoms with van der Waals surface area (Å²) < 4.78 is 7.99. The number of hydrogen-bond acceptors (Lipinski definition) is 0. The van der Waals surface area contributed by atoms with Gasteiger partial charge in [-0.2, -0.15) is 0 Å². The molecule has 2 aliphatic rings. The standard InChI is InChI=1S/2C28H40Si2.Sn/c2*1-27(2,3)29(7,8)21-25(23-17-13-11-14-18-23)26(24-19-15-12-16-20-24)22-30(9,10)28(4,5)6;/h2*11-20H,1-10H3;. The van der Waals surface area contributed by atoms with E-state index in [1.54, 1.807) is 22.3 Å². The summed E-state index contributed by atoms with van der Waals surface area (Å²) in [7, 11) is -9.60. The van der Waals surface area contributed by atoms with Gasteiger partial charge in [0.2, 0.25) is 0 Å². The summed E-state index contributed by atoms with van der Waals surface area (Å²) in [6.07, 6.45) is 0. The second-order valence-corrected chi connectivity index (χ2v) is 61.4. The molecule has 0 radical (unpaired) electrons. The van der Waals surface area contributed by atoms with E-state index in [9.17, 15) is 0 Å². The van der Waals surface area contributed by atoms with Crippen LogP contribution in [0.5, 0.6) is 0 Å². The molecule has 5 heteroatoms. The molecule has 6 rings (SSSR count). The monoisotopic (exact) mass is 984 g/mol. The molecule has 0 nitrogen and oxygen atoms in total. The Morgan fingerprint density at radius 3 is 0.541 bits per heavy atom. The summed E-state index contributed by atoms with van der Waals surface area (Å²) in [5.74, 6) is 0. The van der Waals surface area contributed by atoms with Gasteiger partial charge in [-0.25, -0.2) is 0 Å². The molecule has 2 heterocycles. The van der Waals surface area contributed by atoms with Gasteiger partial charge in [-0.3, -0.25) is 0 Å². The van der Waals surface area contributed by atoms with Crippen LogP contribution in [0.1, 0.15) is 105 Å². The van der Waals surface area contributed by atoms with Gasteiger partial charge in [-0.1, -0.05) is 0 Å². The van der Waals surface area contributed by atoms with Gasteiger partial charge in [-0.15, -0.1) is 0 Å². The zero-order valence-corrected chi connectivity index (χ0v) is 48.9. The van der Waals surface area contributed by atoms with Gasteiger partial charge >= 0.3 is 385 Å². The molecule has 0 amide bonds. The molecular formula is C56H80Si4Sn. The Kier molecular flexibility index (Phi) is 12.5. The number of hydrogen-bond donors (Lipinski definition) is 0. The van der Waals surface area contributed by atoms with Gasteiger partial charge < -0.3 is 0 Å². The van der Waals surface area contributed by atoms with E-state index in [4.69, 9.17) is 0 Å². The molecule has 0 unspecified atom stereocenters. The fourth-order valence-corrected chi connectivity index (χ4v) is 92.2. The van der Waals surface area contributed by atoms with Crippen LogP contribution in [0.25, 0.3) is 22.3 Å². The van der Waals surface area contributed by atoms with Crippen LogP contribution in [0.3, 0.4) is 0 Å². The van der Waals surface area contributed by atoms with Crippen LogP contribution in [0, 0.1) is 0 Å². The van der Waals surface area contributed by atoms with Crippen molar-refractivity contribution >= 4 is 73.0 Å². The van der Waals surface area contributed by atoms with E-state index in [2.05, 4.69) is 257 Å². The summed E-state index contributed by atoms with van der Waals surface area (Å²) >= 11 is -4.61. The Hall–Kier alpha value is -2.49. The Morgan fingerprint density at radius 2 is 0.410 bits per heavy atom. The van der Waals surface area contributed by atoms with Gasteiger partial charge in [0.25, 0.3) is 0 Å². The Labute approximate surface area is 382 Å². The van der Waals surface area contributed by atoms with Crippen LogP contribution in [0.15, 0.2) is 134 Å². The second-order valence-electron chi connectivity index (χ2n) is 24.7. The van der Waals surface area contributed by atoms with Gasteiger partial charge in [-0.05, 0) is 0 Å². The van der Waals surface area contributed by atoms with E-state index in [1.165, 1.54) is 22.3 Å². The molecule has 324 valence electrons. The third-order valence-corrected chi connectivity index (χ3v) is 81.1. The molecule has 0 saturated carbocycles. The summed E-state index contributed by atoms with van der Waals surface area (Å²) in [6.45, 7) is 54.1. The van der Waals surface area contributed by atoms with E-state index >= 15 is 0 Å². The molecule has 4 aromatic carbocycles. The SMILES string of the molecule is CC(C)(C)[Si](C)(C)[C]1=C(c2ccccc2)C(c2ccccc2)=[C]([Si](C)(C)C(C)(C)C)[Sn]12[C]([Si](C)(C)C(C)(C)C)=C(c1ccccc1)C(c1ccccc1)=[C]2[Si](C)(C)C(C)(C)C. The third-order valence-electron chi connectivity index (χ3n) is 17.2. The van der Waals surface area contributed by atoms with Gasteiger partial charge in [0.1, 0.15) is 0 Å². The van der Waals surface area contributed by atoms with Crippen LogP contribution in [-0.2, 0) is 0 Å². The normalized spacial score (nSPS) is 17.4. The van der Waals surface area contributed by atoms with Crippen LogP contribution >= 0.6 is 0 Å². The van der Waals surface area contributed by atoms with Crippen molar-refractivity contribution < 1.29 is 0 Å². The van der Waals surface area contributed by atoms with E-state index in [0.717, 1.165) is 0 Å². The summed E-state index contributed by atoms with van der Waals surface area (Å²) in [6, 6.07) is 47.6. The first-order valence-electron chi connectivity index (χ1n) is 23.1. The molecule has 61 heavy (non-hydrogen) atoms. The molecule has 2 aliphatic heterocycles. The minimum absolute atomic E-state index is 0.108. The van der Waals surface area contributed by atoms with Gasteiger partial charge in [0, 0.05) is 0 Å². The molecule has 0 saturated heterocycles. The second kappa shape index (κ2) is 15.9. The minimum atomic E-state index is -4.61. The molecule has 4 aromatic rings. The first kappa shape index (κ1) is 48.0. The van der Waals surface area contributed by atoms with E-state index in [-0.39, 0.29) is 20.2 Å². The number of allylic oxidation sites excluding steroid dienone is 4. The summed E-state index contributed by atoms with van der Waals surface area (Å²) in [4.78, 5) is 0. The maximum absolute atomic E-state index is 4.61. The van der Waals surface area contributed by atoms with E-state index < -0.39 is 50.7 Å². The quantitative estimate of drug-likeness (QED) is 0.154. The molecule has 0 aromatic heterocycles. The number of rotatable bonds is 8. The van der Waals surface area contributed by atoms with Crippen molar-refractivity contribution in [1.29, 1.82) is 0 Å². The van der Waals surface area contributed by atoms with Crippen molar-refractivity contribution in [2.75, 3.05) is 0 Å². The average Bonchev–Trinajstić information content (AvgIpc) is 3.66. The fraction of sp³-hybridized carbons (Fsp3) is 0.429. The van der Waals surface area contributed by atoms with Crippen molar-refractivity contribution in [1.82, 2.24) is 0 Å². The zero-order valence-electron chi connectivity index (χ0n) is 42.0. The molecule has 0 fully saturated rings. The first-order chi connectivity index (χ1) is 27.9. The third kappa shape index (κ3) is 7.52. The van der Waals surface area contributed by atoms with Crippen molar-refractivity contribution in [2.45, 2.75) is 156 Å². The molecular weight excluding hydrogens is 904 g/mol. The molecule has 1 spiro atoms. The van der Waals surface area contributed by atoms with Crippen molar-refractivity contribution in [3.8, 4) is 0 Å². The average molecular weight is 984 g/mol. The fourth-order valence-electron chi connectivity index (χ4n) is 10.2. The van der Waals surface area contributed by atoms with E-state index in [1.807, 2.05) is 12.8 Å². The van der Waals surface area contributed by atoms with Crippen molar-refractivity contribution in [2.24, 2.45) is 0 Å². The Morgan fingerprint density at radius 1 is 0.262 bits per heavy atom. The van der Waals surface area contributed by atoms with Crippen LogP contribution in [0.4, 0.5) is 0 Å². The first-order valence-corrected chi connectivity index (χ1v) is 40.9. The maximum atomic E-state index is 2.83. The zero-order chi connectivity index (χ0) is 45.6.